The summed E-state index contributed by atoms with van der Waals surface area (Å²) in [5, 5.41) is 23.4. The number of carbonyl (C=O) groups excluding carboxylic acids is 1. The van der Waals surface area contributed by atoms with Crippen molar-refractivity contribution >= 4 is 11.6 Å². The number of ether oxygens (including phenoxy) is 2. The second-order valence-corrected chi connectivity index (χ2v) is 10.9. The maximum atomic E-state index is 13.4. The first-order chi connectivity index (χ1) is 19.6. The number of terminal acetylenes is 1. The van der Waals surface area contributed by atoms with E-state index in [0.29, 0.717) is 59.7 Å². The molecule has 1 fully saturated rings. The Morgan fingerprint density at radius 1 is 1.27 bits per heavy atom. The van der Waals surface area contributed by atoms with Gasteiger partial charge in [-0.1, -0.05) is 11.1 Å². The molecule has 214 valence electrons. The van der Waals surface area contributed by atoms with Crippen LogP contribution in [-0.2, 0) is 4.74 Å². The molecule has 4 aromatic rings. The smallest absolute Gasteiger partial charge is 0.410 e. The number of likely N-dealkylation sites (tertiary alicyclic amines) is 1. The summed E-state index contributed by atoms with van der Waals surface area (Å²) in [6.07, 6.45) is 10.4. The Balaban J connectivity index is 1.42. The van der Waals surface area contributed by atoms with E-state index in [0.717, 1.165) is 11.9 Å². The molecule has 1 amide bonds. The van der Waals surface area contributed by atoms with Gasteiger partial charge in [-0.3, -0.25) is 4.98 Å². The highest BCUT2D eigenvalue weighted by molar-refractivity contribution is 5.75. The molecule has 11 nitrogen and oxygen atoms in total. The molecule has 0 radical (unpaired) electrons. The summed E-state index contributed by atoms with van der Waals surface area (Å²) < 4.78 is 28.6. The summed E-state index contributed by atoms with van der Waals surface area (Å²) in [7, 11) is 0. The van der Waals surface area contributed by atoms with Crippen LogP contribution >= 0.6 is 0 Å². The Morgan fingerprint density at radius 2 is 2.02 bits per heavy atom. The zero-order valence-corrected chi connectivity index (χ0v) is 23.4. The van der Waals surface area contributed by atoms with E-state index < -0.39 is 24.1 Å². The zero-order valence-electron chi connectivity index (χ0n) is 23.4. The van der Waals surface area contributed by atoms with Gasteiger partial charge in [0.15, 0.2) is 6.10 Å². The van der Waals surface area contributed by atoms with Crippen molar-refractivity contribution in [2.24, 2.45) is 0 Å². The van der Waals surface area contributed by atoms with E-state index in [1.54, 1.807) is 27.9 Å². The van der Waals surface area contributed by atoms with E-state index >= 15 is 0 Å². The number of rotatable bonds is 6. The van der Waals surface area contributed by atoms with Crippen molar-refractivity contribution in [2.45, 2.75) is 58.3 Å². The SMILES string of the molecule is C#Cc1cnn2cc(-c3nnn(C4CCN(C(=O)OC(C)(C)C)CC4)c3C)cc(OC(CO)c3ccc(F)cn3)c12. The van der Waals surface area contributed by atoms with Crippen molar-refractivity contribution in [1.82, 2.24) is 34.5 Å². The lowest BCUT2D eigenvalue weighted by Gasteiger charge is -2.33. The molecule has 0 spiro atoms. The van der Waals surface area contributed by atoms with Crippen molar-refractivity contribution in [3.05, 3.63) is 59.6 Å². The Labute approximate surface area is 236 Å². The highest BCUT2D eigenvalue weighted by Crippen LogP contribution is 2.34. The molecule has 12 heteroatoms. The molecule has 0 aliphatic carbocycles. The normalized spacial score (nSPS) is 15.1. The maximum absolute atomic E-state index is 13.4. The van der Waals surface area contributed by atoms with Crippen LogP contribution in [0.1, 0.15) is 62.7 Å². The maximum Gasteiger partial charge on any atom is 0.410 e. The van der Waals surface area contributed by atoms with Gasteiger partial charge in [-0.2, -0.15) is 5.10 Å². The number of fused-ring (bicyclic) bond motifs is 1. The second kappa shape index (κ2) is 11.2. The lowest BCUT2D eigenvalue weighted by atomic mass is 10.0. The molecule has 41 heavy (non-hydrogen) atoms. The molecule has 0 aromatic carbocycles. The van der Waals surface area contributed by atoms with E-state index in [2.05, 4.69) is 26.3 Å². The van der Waals surface area contributed by atoms with Gasteiger partial charge in [0.1, 0.15) is 28.4 Å². The van der Waals surface area contributed by atoms with Crippen LogP contribution in [0.2, 0.25) is 0 Å². The number of nitrogens with zero attached hydrogens (tertiary/aromatic N) is 7. The molecule has 1 atom stereocenters. The lowest BCUT2D eigenvalue weighted by molar-refractivity contribution is 0.0183. The Bertz CT molecular complexity index is 1590. The molecule has 1 unspecified atom stereocenters. The quantitative estimate of drug-likeness (QED) is 0.350. The molecule has 4 aromatic heterocycles. The molecule has 1 N–H and O–H groups in total. The Hall–Kier alpha value is -4.50. The first-order valence-corrected chi connectivity index (χ1v) is 13.3. The predicted molar refractivity (Wildman–Crippen MR) is 148 cm³/mol. The number of carbonyl (C=O) groups is 1. The van der Waals surface area contributed by atoms with Crippen LogP contribution < -0.4 is 4.74 Å². The number of hydrogen-bond acceptors (Lipinski definition) is 8. The van der Waals surface area contributed by atoms with Crippen LogP contribution in [0.15, 0.2) is 36.8 Å². The van der Waals surface area contributed by atoms with E-state index in [4.69, 9.17) is 15.9 Å². The van der Waals surface area contributed by atoms with Crippen LogP contribution in [0.4, 0.5) is 9.18 Å². The van der Waals surface area contributed by atoms with Gasteiger partial charge < -0.3 is 19.5 Å². The monoisotopic (exact) mass is 561 g/mol. The average Bonchev–Trinajstić information content (AvgIpc) is 3.54. The highest BCUT2D eigenvalue weighted by atomic mass is 19.1. The topological polar surface area (TPSA) is 120 Å². The molecular formula is C29H32FN7O4. The minimum absolute atomic E-state index is 0.0652. The van der Waals surface area contributed by atoms with Crippen LogP contribution in [0.3, 0.4) is 0 Å². The fourth-order valence-corrected chi connectivity index (χ4v) is 4.91. The molecule has 0 bridgehead atoms. The fourth-order valence-electron chi connectivity index (χ4n) is 4.91. The molecule has 0 saturated carbocycles. The van der Waals surface area contributed by atoms with Crippen LogP contribution in [0, 0.1) is 25.1 Å². The summed E-state index contributed by atoms with van der Waals surface area (Å²) in [4.78, 5) is 18.3. The van der Waals surface area contributed by atoms with Crippen molar-refractivity contribution in [2.75, 3.05) is 19.7 Å². The van der Waals surface area contributed by atoms with E-state index in [1.807, 2.05) is 32.4 Å². The van der Waals surface area contributed by atoms with Crippen molar-refractivity contribution in [3.63, 3.8) is 0 Å². The van der Waals surface area contributed by atoms with Gasteiger partial charge in [0.25, 0.3) is 0 Å². The molecule has 1 aliphatic heterocycles. The molecular weight excluding hydrogens is 529 g/mol. The number of amides is 1. The number of aliphatic hydroxyl groups excluding tert-OH is 1. The summed E-state index contributed by atoms with van der Waals surface area (Å²) >= 11 is 0. The number of aliphatic hydroxyl groups is 1. The summed E-state index contributed by atoms with van der Waals surface area (Å²) in [5.41, 5.74) is 3.01. The minimum atomic E-state index is -0.873. The largest absolute Gasteiger partial charge is 0.479 e. The van der Waals surface area contributed by atoms with Crippen molar-refractivity contribution in [3.8, 4) is 29.4 Å². The number of halogens is 1. The van der Waals surface area contributed by atoms with Crippen LogP contribution in [-0.4, -0.2) is 71.0 Å². The molecule has 5 rings (SSSR count). The van der Waals surface area contributed by atoms with E-state index in [-0.39, 0.29) is 12.1 Å². The molecule has 1 saturated heterocycles. The van der Waals surface area contributed by atoms with Gasteiger partial charge in [-0.15, -0.1) is 11.5 Å². The zero-order chi connectivity index (χ0) is 29.3. The third-order valence-corrected chi connectivity index (χ3v) is 6.91. The first kappa shape index (κ1) is 28.0. The number of aromatic nitrogens is 6. The standard InChI is InChI=1S/C29H32FN7O4/c1-6-19-14-32-36-16-20(13-24(27(19)36)40-25(17-38)23-8-7-21(30)15-31-23)26-18(2)37(34-33-26)22-9-11-35(12-10-22)28(39)41-29(3,4)5/h1,7-8,13-16,22,25,38H,9-12,17H2,2-5H3. The fraction of sp³-hybridized carbons (Fsp3) is 0.414. The Morgan fingerprint density at radius 3 is 2.66 bits per heavy atom. The number of pyridine rings is 2. The Kier molecular flexibility index (Phi) is 7.64. The second-order valence-electron chi connectivity index (χ2n) is 10.9. The summed E-state index contributed by atoms with van der Waals surface area (Å²) in [6, 6.07) is 4.55. The lowest BCUT2D eigenvalue weighted by Crippen LogP contribution is -2.42. The number of piperidine rings is 1. The molecule has 5 heterocycles. The third-order valence-electron chi connectivity index (χ3n) is 6.91. The van der Waals surface area contributed by atoms with Crippen LogP contribution in [0.25, 0.3) is 16.8 Å². The first-order valence-electron chi connectivity index (χ1n) is 13.3. The third kappa shape index (κ3) is 5.85. The van der Waals surface area contributed by atoms with E-state index in [1.165, 1.54) is 12.1 Å². The van der Waals surface area contributed by atoms with Gasteiger partial charge >= 0.3 is 6.09 Å². The van der Waals surface area contributed by atoms with Crippen LogP contribution in [0.5, 0.6) is 5.75 Å². The van der Waals surface area contributed by atoms with Gasteiger partial charge in [0.2, 0.25) is 0 Å². The summed E-state index contributed by atoms with van der Waals surface area (Å²) in [6.45, 7) is 8.21. The minimum Gasteiger partial charge on any atom is -0.479 e. The predicted octanol–water partition coefficient (Wildman–Crippen LogP) is 4.10. The number of hydrogen-bond donors (Lipinski definition) is 1. The molecule has 1 aliphatic rings. The van der Waals surface area contributed by atoms with Crippen molar-refractivity contribution in [1.29, 1.82) is 0 Å². The van der Waals surface area contributed by atoms with Gasteiger partial charge in [0, 0.05) is 24.8 Å². The summed E-state index contributed by atoms with van der Waals surface area (Å²) in [5.74, 6) is 2.48. The van der Waals surface area contributed by atoms with E-state index in [9.17, 15) is 14.3 Å². The van der Waals surface area contributed by atoms with Gasteiger partial charge in [0.05, 0.1) is 42.0 Å². The van der Waals surface area contributed by atoms with Gasteiger partial charge in [-0.25, -0.2) is 18.4 Å². The average molecular weight is 562 g/mol. The van der Waals surface area contributed by atoms with Gasteiger partial charge in [-0.05, 0) is 58.7 Å². The highest BCUT2D eigenvalue weighted by Gasteiger charge is 2.29. The van der Waals surface area contributed by atoms with Crippen molar-refractivity contribution < 1.29 is 23.8 Å².